The lowest BCUT2D eigenvalue weighted by atomic mass is 10.3. The molecule has 74 valence electrons. The number of ether oxygens (including phenoxy) is 1. The van der Waals surface area contributed by atoms with Gasteiger partial charge in [-0.25, -0.2) is 4.98 Å². The van der Waals surface area contributed by atoms with Crippen LogP contribution in [0.1, 0.15) is 25.6 Å². The van der Waals surface area contributed by atoms with Crippen molar-refractivity contribution in [2.45, 2.75) is 26.4 Å². The van der Waals surface area contributed by atoms with Crippen molar-refractivity contribution < 1.29 is 4.74 Å². The fourth-order valence-corrected chi connectivity index (χ4v) is 1.20. The van der Waals surface area contributed by atoms with Crippen LogP contribution >= 0.6 is 0 Å². The molecule has 0 saturated carbocycles. The van der Waals surface area contributed by atoms with Gasteiger partial charge in [-0.15, -0.1) is 0 Å². The van der Waals surface area contributed by atoms with Crippen molar-refractivity contribution in [3.8, 4) is 0 Å². The van der Waals surface area contributed by atoms with Gasteiger partial charge in [0.1, 0.15) is 0 Å². The molecule has 2 N–H and O–H groups in total. The van der Waals surface area contributed by atoms with Gasteiger partial charge in [0, 0.05) is 25.4 Å². The van der Waals surface area contributed by atoms with Crippen LogP contribution in [0.2, 0.25) is 0 Å². The summed E-state index contributed by atoms with van der Waals surface area (Å²) < 4.78 is 7.28. The van der Waals surface area contributed by atoms with Crippen LogP contribution in [0.25, 0.3) is 0 Å². The molecule has 0 aliphatic carbocycles. The average molecular weight is 183 g/mol. The molecule has 0 amide bonds. The molecule has 0 aliphatic rings. The number of nitrogens with two attached hydrogens (primary N) is 1. The number of hydrogen-bond acceptors (Lipinski definition) is 3. The van der Waals surface area contributed by atoms with Gasteiger partial charge in [-0.2, -0.15) is 0 Å². The van der Waals surface area contributed by atoms with Crippen molar-refractivity contribution in [3.05, 3.63) is 18.2 Å². The van der Waals surface area contributed by atoms with Crippen LogP contribution < -0.4 is 5.73 Å². The molecule has 0 saturated heterocycles. The third-order valence-electron chi connectivity index (χ3n) is 1.89. The van der Waals surface area contributed by atoms with Gasteiger partial charge >= 0.3 is 0 Å². The summed E-state index contributed by atoms with van der Waals surface area (Å²) in [5.74, 6) is 0. The van der Waals surface area contributed by atoms with E-state index in [4.69, 9.17) is 10.5 Å². The molecule has 1 aromatic heterocycles. The monoisotopic (exact) mass is 183 g/mol. The van der Waals surface area contributed by atoms with E-state index in [9.17, 15) is 0 Å². The molecule has 13 heavy (non-hydrogen) atoms. The lowest BCUT2D eigenvalue weighted by Gasteiger charge is -2.10. The molecule has 0 unspecified atom stereocenters. The summed E-state index contributed by atoms with van der Waals surface area (Å²) in [6.07, 6.45) is 3.59. The Bertz CT molecular complexity index is 245. The summed E-state index contributed by atoms with van der Waals surface area (Å²) in [5.41, 5.74) is 6.82. The van der Waals surface area contributed by atoms with Gasteiger partial charge in [0.2, 0.25) is 0 Å². The number of rotatable bonds is 5. The SMILES string of the molecule is CCOCCn1cncc1[C@H](C)N. The fraction of sp³-hybridized carbons (Fsp3) is 0.667. The van der Waals surface area contributed by atoms with E-state index in [1.807, 2.05) is 18.4 Å². The Morgan fingerprint density at radius 2 is 2.46 bits per heavy atom. The minimum atomic E-state index is 0.0316. The Hall–Kier alpha value is -0.870. The highest BCUT2D eigenvalue weighted by atomic mass is 16.5. The van der Waals surface area contributed by atoms with Gasteiger partial charge in [0.05, 0.1) is 18.6 Å². The van der Waals surface area contributed by atoms with Crippen molar-refractivity contribution in [2.75, 3.05) is 13.2 Å². The molecule has 4 heteroatoms. The second-order valence-corrected chi connectivity index (χ2v) is 3.00. The Morgan fingerprint density at radius 3 is 3.08 bits per heavy atom. The van der Waals surface area contributed by atoms with E-state index in [1.165, 1.54) is 0 Å². The maximum atomic E-state index is 5.76. The molecule has 0 spiro atoms. The van der Waals surface area contributed by atoms with Gasteiger partial charge in [-0.3, -0.25) is 0 Å². The van der Waals surface area contributed by atoms with Crippen molar-refractivity contribution >= 4 is 0 Å². The molecule has 1 aromatic rings. The van der Waals surface area contributed by atoms with Crippen molar-refractivity contribution in [1.29, 1.82) is 0 Å². The largest absolute Gasteiger partial charge is 0.380 e. The normalized spacial score (nSPS) is 13.2. The molecule has 0 aliphatic heterocycles. The zero-order valence-corrected chi connectivity index (χ0v) is 8.23. The van der Waals surface area contributed by atoms with E-state index in [0.717, 1.165) is 18.8 Å². The van der Waals surface area contributed by atoms with Gasteiger partial charge in [0.15, 0.2) is 0 Å². The van der Waals surface area contributed by atoms with Crippen LogP contribution in [-0.4, -0.2) is 22.8 Å². The van der Waals surface area contributed by atoms with Crippen molar-refractivity contribution in [1.82, 2.24) is 9.55 Å². The highest BCUT2D eigenvalue weighted by Gasteiger charge is 2.05. The summed E-state index contributed by atoms with van der Waals surface area (Å²) in [6.45, 7) is 6.23. The summed E-state index contributed by atoms with van der Waals surface area (Å²) in [4.78, 5) is 4.05. The fourth-order valence-electron chi connectivity index (χ4n) is 1.20. The van der Waals surface area contributed by atoms with E-state index >= 15 is 0 Å². The zero-order valence-electron chi connectivity index (χ0n) is 8.23. The molecule has 0 radical (unpaired) electrons. The second kappa shape index (κ2) is 4.99. The smallest absolute Gasteiger partial charge is 0.0949 e. The number of imidazole rings is 1. The molecule has 1 atom stereocenters. The summed E-state index contributed by atoms with van der Waals surface area (Å²) >= 11 is 0. The Labute approximate surface area is 78.7 Å². The van der Waals surface area contributed by atoms with Crippen LogP contribution in [-0.2, 0) is 11.3 Å². The Morgan fingerprint density at radius 1 is 1.69 bits per heavy atom. The standard InChI is InChI=1S/C9H17N3O/c1-3-13-5-4-12-7-11-6-9(12)8(2)10/h6-8H,3-5,10H2,1-2H3/t8-/m0/s1. The van der Waals surface area contributed by atoms with Gasteiger partial charge < -0.3 is 15.0 Å². The summed E-state index contributed by atoms with van der Waals surface area (Å²) in [5, 5.41) is 0. The molecule has 1 rings (SSSR count). The van der Waals surface area contributed by atoms with Crippen LogP contribution in [0.5, 0.6) is 0 Å². The van der Waals surface area contributed by atoms with E-state index in [-0.39, 0.29) is 6.04 Å². The highest BCUT2D eigenvalue weighted by Crippen LogP contribution is 2.07. The van der Waals surface area contributed by atoms with E-state index in [0.29, 0.717) is 6.61 Å². The van der Waals surface area contributed by atoms with E-state index in [2.05, 4.69) is 4.98 Å². The molecule has 0 fully saturated rings. The zero-order chi connectivity index (χ0) is 9.68. The van der Waals surface area contributed by atoms with Crippen LogP contribution in [0.4, 0.5) is 0 Å². The lowest BCUT2D eigenvalue weighted by molar-refractivity contribution is 0.138. The molecule has 0 bridgehead atoms. The second-order valence-electron chi connectivity index (χ2n) is 3.00. The number of aromatic nitrogens is 2. The minimum Gasteiger partial charge on any atom is -0.380 e. The number of nitrogens with zero attached hydrogens (tertiary/aromatic N) is 2. The van der Waals surface area contributed by atoms with E-state index < -0.39 is 0 Å². The third-order valence-corrected chi connectivity index (χ3v) is 1.89. The quantitative estimate of drug-likeness (QED) is 0.691. The number of hydrogen-bond donors (Lipinski definition) is 1. The van der Waals surface area contributed by atoms with Crippen molar-refractivity contribution in [2.24, 2.45) is 5.73 Å². The van der Waals surface area contributed by atoms with Gasteiger partial charge in [-0.1, -0.05) is 0 Å². The highest BCUT2D eigenvalue weighted by molar-refractivity contribution is 5.02. The van der Waals surface area contributed by atoms with Crippen LogP contribution in [0.3, 0.4) is 0 Å². The topological polar surface area (TPSA) is 53.1 Å². The first-order chi connectivity index (χ1) is 6.25. The molecule has 0 aromatic carbocycles. The van der Waals surface area contributed by atoms with Gasteiger partial charge in [0.25, 0.3) is 0 Å². The van der Waals surface area contributed by atoms with Gasteiger partial charge in [-0.05, 0) is 13.8 Å². The Kier molecular flexibility index (Phi) is 3.92. The third kappa shape index (κ3) is 2.82. The molecule has 1 heterocycles. The molecule has 4 nitrogen and oxygen atoms in total. The molecular weight excluding hydrogens is 166 g/mol. The predicted octanol–water partition coefficient (Wildman–Crippen LogP) is 0.939. The predicted molar refractivity (Wildman–Crippen MR) is 51.3 cm³/mol. The van der Waals surface area contributed by atoms with Crippen LogP contribution in [0.15, 0.2) is 12.5 Å². The first kappa shape index (κ1) is 10.2. The first-order valence-corrected chi connectivity index (χ1v) is 4.59. The minimum absolute atomic E-state index is 0.0316. The average Bonchev–Trinajstić information content (AvgIpc) is 2.53. The Balaban J connectivity index is 2.50. The summed E-state index contributed by atoms with van der Waals surface area (Å²) in [7, 11) is 0. The lowest BCUT2D eigenvalue weighted by Crippen LogP contribution is -2.14. The van der Waals surface area contributed by atoms with Crippen molar-refractivity contribution in [3.63, 3.8) is 0 Å². The summed E-state index contributed by atoms with van der Waals surface area (Å²) in [6, 6.07) is 0.0316. The molecular formula is C9H17N3O. The van der Waals surface area contributed by atoms with E-state index in [1.54, 1.807) is 12.5 Å². The first-order valence-electron chi connectivity index (χ1n) is 4.59. The maximum absolute atomic E-state index is 5.76. The maximum Gasteiger partial charge on any atom is 0.0949 e. The van der Waals surface area contributed by atoms with Crippen LogP contribution in [0, 0.1) is 0 Å².